The minimum absolute atomic E-state index is 0.262. The first kappa shape index (κ1) is 15.7. The molecule has 24 heavy (non-hydrogen) atoms. The summed E-state index contributed by atoms with van der Waals surface area (Å²) in [6.07, 6.45) is 3.00. The Balaban J connectivity index is 1.58. The zero-order chi connectivity index (χ0) is 16.8. The number of nitrogens with one attached hydrogen (secondary N) is 2. The Labute approximate surface area is 140 Å². The van der Waals surface area contributed by atoms with Crippen LogP contribution in [-0.2, 0) is 0 Å². The number of carbonyl (C=O) groups excluding carboxylic acids is 1. The van der Waals surface area contributed by atoms with Crippen molar-refractivity contribution in [3.05, 3.63) is 66.3 Å². The summed E-state index contributed by atoms with van der Waals surface area (Å²) in [7, 11) is 0. The summed E-state index contributed by atoms with van der Waals surface area (Å²) < 4.78 is 5.39. The molecule has 2 aromatic heterocycles. The molecule has 122 valence electrons. The van der Waals surface area contributed by atoms with Crippen molar-refractivity contribution in [2.45, 2.75) is 6.92 Å². The topological polar surface area (TPSA) is 80.0 Å². The molecule has 1 aromatic carbocycles. The Morgan fingerprint density at radius 1 is 1.08 bits per heavy atom. The summed E-state index contributed by atoms with van der Waals surface area (Å²) in [6, 6.07) is 13.4. The zero-order valence-corrected chi connectivity index (χ0v) is 13.3. The maximum Gasteiger partial charge on any atom is 0.273 e. The quantitative estimate of drug-likeness (QED) is 0.682. The van der Waals surface area contributed by atoms with E-state index in [4.69, 9.17) is 4.42 Å². The molecule has 3 rings (SSSR count). The van der Waals surface area contributed by atoms with Crippen LogP contribution in [0.25, 0.3) is 11.3 Å². The highest BCUT2D eigenvalue weighted by atomic mass is 16.3. The molecule has 6 nitrogen and oxygen atoms in total. The van der Waals surface area contributed by atoms with Gasteiger partial charge in [-0.25, -0.2) is 9.97 Å². The molecule has 2 heterocycles. The molecule has 0 fully saturated rings. The van der Waals surface area contributed by atoms with Gasteiger partial charge in [-0.05, 0) is 19.1 Å². The molecule has 0 aliphatic heterocycles. The van der Waals surface area contributed by atoms with E-state index < -0.39 is 0 Å². The van der Waals surface area contributed by atoms with Crippen LogP contribution in [0.15, 0.2) is 59.5 Å². The Morgan fingerprint density at radius 3 is 2.67 bits per heavy atom. The van der Waals surface area contributed by atoms with E-state index >= 15 is 0 Å². The summed E-state index contributed by atoms with van der Waals surface area (Å²) in [4.78, 5) is 20.5. The van der Waals surface area contributed by atoms with Gasteiger partial charge in [0, 0.05) is 24.8 Å². The van der Waals surface area contributed by atoms with E-state index in [0.717, 1.165) is 16.9 Å². The van der Waals surface area contributed by atoms with Gasteiger partial charge >= 0.3 is 0 Å². The molecule has 6 heteroatoms. The van der Waals surface area contributed by atoms with E-state index in [1.54, 1.807) is 6.20 Å². The van der Waals surface area contributed by atoms with Crippen molar-refractivity contribution in [3.63, 3.8) is 0 Å². The fraction of sp³-hybridized carbons (Fsp3) is 0.167. The minimum atomic E-state index is -0.262. The number of anilines is 1. The predicted molar refractivity (Wildman–Crippen MR) is 91.7 cm³/mol. The lowest BCUT2D eigenvalue weighted by atomic mass is 10.1. The molecule has 3 aromatic rings. The number of hydrogen-bond acceptors (Lipinski definition) is 5. The van der Waals surface area contributed by atoms with Gasteiger partial charge in [-0.2, -0.15) is 0 Å². The number of amides is 1. The van der Waals surface area contributed by atoms with Crippen molar-refractivity contribution in [3.8, 4) is 11.3 Å². The summed E-state index contributed by atoms with van der Waals surface area (Å²) in [5, 5.41) is 5.95. The van der Waals surface area contributed by atoms with Gasteiger partial charge in [0.05, 0.1) is 0 Å². The number of aromatic nitrogens is 2. The largest absolute Gasteiger partial charge is 0.443 e. The summed E-state index contributed by atoms with van der Waals surface area (Å²) in [5.74, 6) is 0.987. The lowest BCUT2D eigenvalue weighted by Gasteiger charge is -2.07. The lowest BCUT2D eigenvalue weighted by molar-refractivity contribution is 0.0951. The van der Waals surface area contributed by atoms with Crippen molar-refractivity contribution >= 4 is 11.7 Å². The molecule has 0 atom stereocenters. The first-order valence-electron chi connectivity index (χ1n) is 7.67. The van der Waals surface area contributed by atoms with Gasteiger partial charge in [0.15, 0.2) is 17.8 Å². The maximum atomic E-state index is 12.3. The molecule has 0 saturated carbocycles. The van der Waals surface area contributed by atoms with Gasteiger partial charge in [0.2, 0.25) is 0 Å². The Bertz CT molecular complexity index is 797. The number of nitrogens with zero attached hydrogens (tertiary/aromatic N) is 2. The Morgan fingerprint density at radius 2 is 1.92 bits per heavy atom. The van der Waals surface area contributed by atoms with Crippen LogP contribution in [0.3, 0.4) is 0 Å². The van der Waals surface area contributed by atoms with Gasteiger partial charge in [-0.1, -0.05) is 35.9 Å². The van der Waals surface area contributed by atoms with Crippen LogP contribution in [-0.4, -0.2) is 29.0 Å². The second kappa shape index (κ2) is 7.41. The lowest BCUT2D eigenvalue weighted by Crippen LogP contribution is -2.29. The number of pyridine rings is 1. The van der Waals surface area contributed by atoms with Crippen LogP contribution >= 0.6 is 0 Å². The van der Waals surface area contributed by atoms with Gasteiger partial charge in [-0.15, -0.1) is 0 Å². The van der Waals surface area contributed by atoms with Crippen LogP contribution in [0, 0.1) is 6.92 Å². The van der Waals surface area contributed by atoms with E-state index in [2.05, 4.69) is 20.6 Å². The number of rotatable bonds is 6. The first-order chi connectivity index (χ1) is 11.7. The van der Waals surface area contributed by atoms with Gasteiger partial charge in [0.1, 0.15) is 5.82 Å². The van der Waals surface area contributed by atoms with E-state index in [1.165, 1.54) is 6.39 Å². The van der Waals surface area contributed by atoms with Crippen molar-refractivity contribution in [1.29, 1.82) is 0 Å². The molecule has 0 bridgehead atoms. The Kier molecular flexibility index (Phi) is 4.86. The van der Waals surface area contributed by atoms with Crippen LogP contribution < -0.4 is 10.6 Å². The fourth-order valence-corrected chi connectivity index (χ4v) is 2.24. The van der Waals surface area contributed by atoms with Crippen molar-refractivity contribution in [1.82, 2.24) is 15.3 Å². The summed E-state index contributed by atoms with van der Waals surface area (Å²) in [6.45, 7) is 3.03. The number of carbonyl (C=O) groups is 1. The molecule has 2 N–H and O–H groups in total. The molecular weight excluding hydrogens is 304 g/mol. The van der Waals surface area contributed by atoms with Crippen LogP contribution in [0.4, 0.5) is 5.82 Å². The zero-order valence-electron chi connectivity index (χ0n) is 13.3. The first-order valence-corrected chi connectivity index (χ1v) is 7.67. The minimum Gasteiger partial charge on any atom is -0.443 e. The molecule has 0 saturated heterocycles. The maximum absolute atomic E-state index is 12.3. The summed E-state index contributed by atoms with van der Waals surface area (Å²) >= 11 is 0. The van der Waals surface area contributed by atoms with Crippen molar-refractivity contribution in [2.24, 2.45) is 0 Å². The van der Waals surface area contributed by atoms with Gasteiger partial charge in [0.25, 0.3) is 5.91 Å². The highest BCUT2D eigenvalue weighted by Crippen LogP contribution is 2.23. The molecule has 0 aliphatic carbocycles. The van der Waals surface area contributed by atoms with E-state index in [-0.39, 0.29) is 11.6 Å². The molecule has 0 unspecified atom stereocenters. The third kappa shape index (κ3) is 3.78. The van der Waals surface area contributed by atoms with Crippen LogP contribution in [0.2, 0.25) is 0 Å². The predicted octanol–water partition coefficient (Wildman–Crippen LogP) is 2.89. The van der Waals surface area contributed by atoms with E-state index in [0.29, 0.717) is 18.8 Å². The number of hydrogen-bond donors (Lipinski definition) is 2. The molecular formula is C18H18N4O2. The van der Waals surface area contributed by atoms with Crippen LogP contribution in [0.5, 0.6) is 0 Å². The standard InChI is InChI=1S/C18H18N4O2/c1-13-5-7-14(8-6-13)17-16(22-12-24-17)18(23)21-11-10-20-15-4-2-3-9-19-15/h2-9,12H,10-11H2,1H3,(H,19,20)(H,21,23). The highest BCUT2D eigenvalue weighted by molar-refractivity contribution is 5.97. The monoisotopic (exact) mass is 322 g/mol. The van der Waals surface area contributed by atoms with Gasteiger partial charge < -0.3 is 15.1 Å². The van der Waals surface area contributed by atoms with E-state index in [1.807, 2.05) is 49.4 Å². The third-order valence-electron chi connectivity index (χ3n) is 3.48. The average molecular weight is 322 g/mol. The van der Waals surface area contributed by atoms with E-state index in [9.17, 15) is 4.79 Å². The van der Waals surface area contributed by atoms with Crippen LogP contribution in [0.1, 0.15) is 16.1 Å². The third-order valence-corrected chi connectivity index (χ3v) is 3.48. The second-order valence-corrected chi connectivity index (χ2v) is 5.29. The number of benzene rings is 1. The molecule has 0 aliphatic rings. The Hall–Kier alpha value is -3.15. The molecule has 0 radical (unpaired) electrons. The van der Waals surface area contributed by atoms with Crippen molar-refractivity contribution < 1.29 is 9.21 Å². The fourth-order valence-electron chi connectivity index (χ4n) is 2.24. The number of aryl methyl sites for hydroxylation is 1. The molecule has 0 spiro atoms. The second-order valence-electron chi connectivity index (χ2n) is 5.29. The normalized spacial score (nSPS) is 10.4. The highest BCUT2D eigenvalue weighted by Gasteiger charge is 2.17. The summed E-state index contributed by atoms with van der Waals surface area (Å²) in [5.41, 5.74) is 2.26. The molecule has 1 amide bonds. The number of oxazole rings is 1. The van der Waals surface area contributed by atoms with Gasteiger partial charge in [-0.3, -0.25) is 4.79 Å². The van der Waals surface area contributed by atoms with Crippen molar-refractivity contribution in [2.75, 3.05) is 18.4 Å². The average Bonchev–Trinajstić information content (AvgIpc) is 3.10. The smallest absolute Gasteiger partial charge is 0.273 e. The SMILES string of the molecule is Cc1ccc(-c2ocnc2C(=O)NCCNc2ccccn2)cc1.